The summed E-state index contributed by atoms with van der Waals surface area (Å²) < 4.78 is 26.7. The molecule has 1 heterocycles. The molecular weight excluding hydrogens is 260 g/mol. The summed E-state index contributed by atoms with van der Waals surface area (Å²) in [4.78, 5) is 0.397. The average molecular weight is 282 g/mol. The van der Waals surface area contributed by atoms with Gasteiger partial charge in [0.2, 0.25) is 10.0 Å². The minimum absolute atomic E-state index is 0.133. The van der Waals surface area contributed by atoms with Crippen molar-refractivity contribution in [2.75, 3.05) is 13.1 Å². The molecule has 0 aromatic heterocycles. The highest BCUT2D eigenvalue weighted by Crippen LogP contribution is 2.23. The molecule has 0 bridgehead atoms. The zero-order chi connectivity index (χ0) is 14.0. The van der Waals surface area contributed by atoms with Gasteiger partial charge in [-0.2, -0.15) is 4.31 Å². The van der Waals surface area contributed by atoms with Crippen LogP contribution in [-0.4, -0.2) is 31.9 Å². The fourth-order valence-electron chi connectivity index (χ4n) is 2.30. The summed E-state index contributed by atoms with van der Waals surface area (Å²) in [6.07, 6.45) is 1.48. The second-order valence-corrected chi connectivity index (χ2v) is 7.41. The third-order valence-corrected chi connectivity index (χ3v) is 5.56. The summed E-state index contributed by atoms with van der Waals surface area (Å²) in [6, 6.07) is 7.38. The van der Waals surface area contributed by atoms with Crippen molar-refractivity contribution < 1.29 is 8.42 Å². The normalized spacial score (nSPS) is 18.9. The standard InChI is InChI=1S/C14H22N2O2S/c1-11(2)12-4-3-5-14(10-12)19(17,18)16-8-6-13(15)7-9-16/h3-5,10-11,13H,6-9,15H2,1-2H3. The predicted molar refractivity (Wildman–Crippen MR) is 76.5 cm³/mol. The number of hydrogen-bond donors (Lipinski definition) is 1. The van der Waals surface area contributed by atoms with E-state index in [9.17, 15) is 8.42 Å². The monoisotopic (exact) mass is 282 g/mol. The summed E-state index contributed by atoms with van der Waals surface area (Å²) in [6.45, 7) is 5.17. The van der Waals surface area contributed by atoms with Gasteiger partial charge in [0, 0.05) is 19.1 Å². The molecule has 0 spiro atoms. The summed E-state index contributed by atoms with van der Waals surface area (Å²) >= 11 is 0. The molecule has 0 radical (unpaired) electrons. The SMILES string of the molecule is CC(C)c1cccc(S(=O)(=O)N2CCC(N)CC2)c1. The van der Waals surface area contributed by atoms with Crippen LogP contribution in [0, 0.1) is 0 Å². The van der Waals surface area contributed by atoms with Gasteiger partial charge in [0.1, 0.15) is 0 Å². The van der Waals surface area contributed by atoms with Crippen molar-refractivity contribution in [1.82, 2.24) is 4.31 Å². The quantitative estimate of drug-likeness (QED) is 0.921. The first-order chi connectivity index (χ1) is 8.91. The highest BCUT2D eigenvalue weighted by Gasteiger charge is 2.28. The van der Waals surface area contributed by atoms with Crippen molar-refractivity contribution in [1.29, 1.82) is 0 Å². The molecular formula is C14H22N2O2S. The van der Waals surface area contributed by atoms with Gasteiger partial charge in [0.25, 0.3) is 0 Å². The molecule has 0 aliphatic carbocycles. The first kappa shape index (κ1) is 14.5. The zero-order valence-corrected chi connectivity index (χ0v) is 12.4. The minimum atomic E-state index is -3.36. The summed E-state index contributed by atoms with van der Waals surface area (Å²) in [5.41, 5.74) is 6.87. The number of nitrogens with two attached hydrogens (primary N) is 1. The molecule has 0 saturated carbocycles. The van der Waals surface area contributed by atoms with E-state index >= 15 is 0 Å². The van der Waals surface area contributed by atoms with Crippen LogP contribution in [0.3, 0.4) is 0 Å². The van der Waals surface area contributed by atoms with Crippen LogP contribution in [0.4, 0.5) is 0 Å². The molecule has 1 aromatic carbocycles. The molecule has 0 atom stereocenters. The van der Waals surface area contributed by atoms with E-state index in [2.05, 4.69) is 13.8 Å². The van der Waals surface area contributed by atoms with E-state index in [0.29, 0.717) is 23.9 Å². The van der Waals surface area contributed by atoms with E-state index in [1.54, 1.807) is 16.4 Å². The molecule has 2 rings (SSSR count). The van der Waals surface area contributed by atoms with Crippen molar-refractivity contribution in [3.05, 3.63) is 29.8 Å². The second-order valence-electron chi connectivity index (χ2n) is 5.47. The molecule has 106 valence electrons. The predicted octanol–water partition coefficient (Wildman–Crippen LogP) is 1.92. The fraction of sp³-hybridized carbons (Fsp3) is 0.571. The van der Waals surface area contributed by atoms with Crippen LogP contribution in [0.25, 0.3) is 0 Å². The van der Waals surface area contributed by atoms with E-state index < -0.39 is 10.0 Å². The maximum Gasteiger partial charge on any atom is 0.243 e. The van der Waals surface area contributed by atoms with E-state index in [1.807, 2.05) is 12.1 Å². The van der Waals surface area contributed by atoms with Crippen molar-refractivity contribution in [2.24, 2.45) is 5.73 Å². The van der Waals surface area contributed by atoms with Crippen molar-refractivity contribution in [3.63, 3.8) is 0 Å². The molecule has 19 heavy (non-hydrogen) atoms. The van der Waals surface area contributed by atoms with Gasteiger partial charge >= 0.3 is 0 Å². The molecule has 4 nitrogen and oxygen atoms in total. The Kier molecular flexibility index (Phi) is 4.28. The Bertz CT molecular complexity index is 532. The Labute approximate surface area is 115 Å². The van der Waals surface area contributed by atoms with Gasteiger partial charge in [-0.3, -0.25) is 0 Å². The first-order valence-corrected chi connectivity index (χ1v) is 8.21. The Hall–Kier alpha value is -0.910. The van der Waals surface area contributed by atoms with Gasteiger partial charge < -0.3 is 5.73 Å². The molecule has 1 aromatic rings. The highest BCUT2D eigenvalue weighted by molar-refractivity contribution is 7.89. The smallest absolute Gasteiger partial charge is 0.243 e. The lowest BCUT2D eigenvalue weighted by Gasteiger charge is -2.29. The van der Waals surface area contributed by atoms with Crippen molar-refractivity contribution >= 4 is 10.0 Å². The summed E-state index contributed by atoms with van der Waals surface area (Å²) in [7, 11) is -3.36. The second kappa shape index (κ2) is 5.61. The van der Waals surface area contributed by atoms with Gasteiger partial charge in [0.05, 0.1) is 4.90 Å². The molecule has 2 N–H and O–H groups in total. The number of nitrogens with zero attached hydrogens (tertiary/aromatic N) is 1. The zero-order valence-electron chi connectivity index (χ0n) is 11.5. The Morgan fingerprint density at radius 2 is 1.89 bits per heavy atom. The largest absolute Gasteiger partial charge is 0.328 e. The first-order valence-electron chi connectivity index (χ1n) is 6.77. The Morgan fingerprint density at radius 3 is 2.47 bits per heavy atom. The van der Waals surface area contributed by atoms with Crippen LogP contribution in [0.1, 0.15) is 38.2 Å². The molecule has 5 heteroatoms. The maximum absolute atomic E-state index is 12.6. The number of piperidine rings is 1. The van der Waals surface area contributed by atoms with Crippen molar-refractivity contribution in [3.8, 4) is 0 Å². The van der Waals surface area contributed by atoms with Gasteiger partial charge in [-0.1, -0.05) is 26.0 Å². The molecule has 1 aliphatic rings. The molecule has 1 saturated heterocycles. The lowest BCUT2D eigenvalue weighted by atomic mass is 10.0. The minimum Gasteiger partial charge on any atom is -0.328 e. The average Bonchev–Trinajstić information content (AvgIpc) is 2.39. The maximum atomic E-state index is 12.6. The van der Waals surface area contributed by atoms with Crippen LogP contribution >= 0.6 is 0 Å². The van der Waals surface area contributed by atoms with Crippen LogP contribution in [-0.2, 0) is 10.0 Å². The van der Waals surface area contributed by atoms with Crippen LogP contribution in [0.5, 0.6) is 0 Å². The van der Waals surface area contributed by atoms with Crippen LogP contribution < -0.4 is 5.73 Å². The topological polar surface area (TPSA) is 63.4 Å². The third kappa shape index (κ3) is 3.16. The Morgan fingerprint density at radius 1 is 1.26 bits per heavy atom. The highest BCUT2D eigenvalue weighted by atomic mass is 32.2. The molecule has 1 aliphatic heterocycles. The van der Waals surface area contributed by atoms with Gasteiger partial charge in [-0.25, -0.2) is 8.42 Å². The fourth-order valence-corrected chi connectivity index (χ4v) is 3.82. The molecule has 0 amide bonds. The van der Waals surface area contributed by atoms with E-state index in [0.717, 1.165) is 18.4 Å². The molecule has 0 unspecified atom stereocenters. The number of sulfonamides is 1. The number of hydrogen-bond acceptors (Lipinski definition) is 3. The number of rotatable bonds is 3. The Balaban J connectivity index is 2.26. The molecule has 1 fully saturated rings. The van der Waals surface area contributed by atoms with Crippen molar-refractivity contribution in [2.45, 2.75) is 43.5 Å². The van der Waals surface area contributed by atoms with Crippen LogP contribution in [0.2, 0.25) is 0 Å². The van der Waals surface area contributed by atoms with Crippen LogP contribution in [0.15, 0.2) is 29.2 Å². The van der Waals surface area contributed by atoms with E-state index in [-0.39, 0.29) is 6.04 Å². The van der Waals surface area contributed by atoms with Gasteiger partial charge in [-0.15, -0.1) is 0 Å². The summed E-state index contributed by atoms with van der Waals surface area (Å²) in [5.74, 6) is 0.324. The third-order valence-electron chi connectivity index (χ3n) is 3.66. The van der Waals surface area contributed by atoms with E-state index in [4.69, 9.17) is 5.73 Å². The number of benzene rings is 1. The lowest BCUT2D eigenvalue weighted by Crippen LogP contribution is -2.42. The van der Waals surface area contributed by atoms with Gasteiger partial charge in [-0.05, 0) is 36.5 Å². The van der Waals surface area contributed by atoms with E-state index in [1.165, 1.54) is 0 Å². The van der Waals surface area contributed by atoms with Gasteiger partial charge in [0.15, 0.2) is 0 Å². The summed E-state index contributed by atoms with van der Waals surface area (Å²) in [5, 5.41) is 0. The lowest BCUT2D eigenvalue weighted by molar-refractivity contribution is 0.320.